The molecular formula is C12H10N2O2S2. The first-order chi connectivity index (χ1) is 8.70. The van der Waals surface area contributed by atoms with E-state index < -0.39 is 4.92 Å². The van der Waals surface area contributed by atoms with Gasteiger partial charge in [0.25, 0.3) is 5.69 Å². The molecule has 0 aromatic heterocycles. The van der Waals surface area contributed by atoms with E-state index >= 15 is 0 Å². The van der Waals surface area contributed by atoms with Gasteiger partial charge in [-0.25, -0.2) is 0 Å². The quantitative estimate of drug-likeness (QED) is 0.482. The molecule has 18 heavy (non-hydrogen) atoms. The van der Waals surface area contributed by atoms with Gasteiger partial charge in [-0.05, 0) is 5.56 Å². The van der Waals surface area contributed by atoms with Crippen molar-refractivity contribution in [2.75, 3.05) is 11.5 Å². The molecule has 92 valence electrons. The molecule has 1 aliphatic rings. The summed E-state index contributed by atoms with van der Waals surface area (Å²) >= 11 is 3.43. The summed E-state index contributed by atoms with van der Waals surface area (Å²) in [5.74, 6) is 2.09. The predicted octanol–water partition coefficient (Wildman–Crippen LogP) is 3.35. The van der Waals surface area contributed by atoms with Gasteiger partial charge in [-0.3, -0.25) is 10.1 Å². The van der Waals surface area contributed by atoms with E-state index in [4.69, 9.17) is 5.26 Å². The van der Waals surface area contributed by atoms with Crippen molar-refractivity contribution in [2.24, 2.45) is 0 Å². The van der Waals surface area contributed by atoms with Crippen LogP contribution in [0.5, 0.6) is 0 Å². The van der Waals surface area contributed by atoms with Crippen LogP contribution in [0.2, 0.25) is 0 Å². The van der Waals surface area contributed by atoms with E-state index in [0.717, 1.165) is 26.9 Å². The van der Waals surface area contributed by atoms with Gasteiger partial charge in [-0.1, -0.05) is 12.1 Å². The Hall–Kier alpha value is -1.45. The van der Waals surface area contributed by atoms with Crippen LogP contribution < -0.4 is 0 Å². The Morgan fingerprint density at radius 3 is 2.44 bits per heavy atom. The fourth-order valence-corrected chi connectivity index (χ4v) is 4.04. The van der Waals surface area contributed by atoms with Gasteiger partial charge in [0, 0.05) is 30.1 Å². The van der Waals surface area contributed by atoms with E-state index in [1.54, 1.807) is 35.7 Å². The molecule has 0 N–H and O–H groups in total. The molecule has 0 bridgehead atoms. The van der Waals surface area contributed by atoms with Gasteiger partial charge in [-0.15, -0.1) is 23.5 Å². The van der Waals surface area contributed by atoms with Crippen molar-refractivity contribution in [2.45, 2.75) is 6.42 Å². The SMILES string of the molecule is N#CC(Cc1ccc([N+](=O)[O-])cc1)=C1SCCS1. The van der Waals surface area contributed by atoms with E-state index in [1.165, 1.54) is 12.1 Å². The minimum absolute atomic E-state index is 0.0783. The standard InChI is InChI=1S/C12H10N2O2S2/c13-8-10(12-17-5-6-18-12)7-9-1-3-11(4-2-9)14(15)16/h1-4H,5-7H2. The van der Waals surface area contributed by atoms with Crippen molar-refractivity contribution in [3.8, 4) is 6.07 Å². The molecule has 0 aliphatic carbocycles. The van der Waals surface area contributed by atoms with Crippen molar-refractivity contribution in [1.82, 2.24) is 0 Å². The summed E-state index contributed by atoms with van der Waals surface area (Å²) in [7, 11) is 0. The van der Waals surface area contributed by atoms with Crippen LogP contribution in [0.25, 0.3) is 0 Å². The Bertz CT molecular complexity index is 524. The fourth-order valence-electron chi connectivity index (χ4n) is 1.58. The Labute approximate surface area is 113 Å². The highest BCUT2D eigenvalue weighted by Gasteiger charge is 2.14. The van der Waals surface area contributed by atoms with Gasteiger partial charge in [0.2, 0.25) is 0 Å². The first-order valence-corrected chi connectivity index (χ1v) is 7.30. The zero-order chi connectivity index (χ0) is 13.0. The molecule has 1 aliphatic heterocycles. The van der Waals surface area contributed by atoms with Crippen LogP contribution in [-0.4, -0.2) is 16.4 Å². The van der Waals surface area contributed by atoms with E-state index in [9.17, 15) is 10.1 Å². The number of allylic oxidation sites excluding steroid dienone is 1. The molecule has 1 fully saturated rings. The third kappa shape index (κ3) is 3.06. The lowest BCUT2D eigenvalue weighted by molar-refractivity contribution is -0.384. The molecule has 6 heteroatoms. The molecule has 2 rings (SSSR count). The second-order valence-corrected chi connectivity index (χ2v) is 6.14. The smallest absolute Gasteiger partial charge is 0.258 e. The number of hydrogen-bond donors (Lipinski definition) is 0. The lowest BCUT2D eigenvalue weighted by Gasteiger charge is -2.02. The number of nitrogens with zero attached hydrogens (tertiary/aromatic N) is 2. The molecule has 0 atom stereocenters. The minimum atomic E-state index is -0.421. The van der Waals surface area contributed by atoms with Crippen LogP contribution >= 0.6 is 23.5 Å². The molecule has 1 saturated heterocycles. The fraction of sp³-hybridized carbons (Fsp3) is 0.250. The number of nitriles is 1. The van der Waals surface area contributed by atoms with Crippen molar-refractivity contribution in [1.29, 1.82) is 5.26 Å². The summed E-state index contributed by atoms with van der Waals surface area (Å²) in [4.78, 5) is 10.1. The van der Waals surface area contributed by atoms with Crippen LogP contribution in [-0.2, 0) is 6.42 Å². The van der Waals surface area contributed by atoms with Crippen molar-refractivity contribution < 1.29 is 4.92 Å². The number of benzene rings is 1. The van der Waals surface area contributed by atoms with Crippen LogP contribution in [0.15, 0.2) is 34.1 Å². The largest absolute Gasteiger partial charge is 0.269 e. The van der Waals surface area contributed by atoms with Crippen molar-refractivity contribution >= 4 is 29.2 Å². The Morgan fingerprint density at radius 2 is 1.94 bits per heavy atom. The molecule has 1 aromatic rings. The second-order valence-electron chi connectivity index (χ2n) is 3.68. The molecule has 4 nitrogen and oxygen atoms in total. The van der Waals surface area contributed by atoms with Gasteiger partial charge >= 0.3 is 0 Å². The summed E-state index contributed by atoms with van der Waals surface area (Å²) in [5, 5.41) is 19.7. The van der Waals surface area contributed by atoms with Crippen LogP contribution in [0.3, 0.4) is 0 Å². The monoisotopic (exact) mass is 278 g/mol. The van der Waals surface area contributed by atoms with Crippen molar-refractivity contribution in [3.63, 3.8) is 0 Å². The third-order valence-corrected chi connectivity index (χ3v) is 5.26. The average molecular weight is 278 g/mol. The van der Waals surface area contributed by atoms with E-state index in [1.807, 2.05) is 0 Å². The summed E-state index contributed by atoms with van der Waals surface area (Å²) < 4.78 is 1.09. The minimum Gasteiger partial charge on any atom is -0.258 e. The van der Waals surface area contributed by atoms with Crippen LogP contribution in [0, 0.1) is 21.4 Å². The molecule has 1 aromatic carbocycles. The molecular weight excluding hydrogens is 268 g/mol. The number of hydrogen-bond acceptors (Lipinski definition) is 5. The maximum Gasteiger partial charge on any atom is 0.269 e. The second kappa shape index (κ2) is 5.94. The average Bonchev–Trinajstić information content (AvgIpc) is 2.90. The molecule has 0 saturated carbocycles. The maximum atomic E-state index is 10.5. The highest BCUT2D eigenvalue weighted by molar-refractivity contribution is 8.25. The first kappa shape index (κ1) is 13.0. The maximum absolute atomic E-state index is 10.5. The van der Waals surface area contributed by atoms with Gasteiger partial charge in [0.15, 0.2) is 0 Å². The molecule has 0 radical (unpaired) electrons. The zero-order valence-electron chi connectivity index (χ0n) is 9.46. The topological polar surface area (TPSA) is 66.9 Å². The highest BCUT2D eigenvalue weighted by atomic mass is 32.2. The Balaban J connectivity index is 2.16. The summed E-state index contributed by atoms with van der Waals surface area (Å²) in [6.45, 7) is 0. The summed E-state index contributed by atoms with van der Waals surface area (Å²) in [5.41, 5.74) is 1.77. The van der Waals surface area contributed by atoms with E-state index in [0.29, 0.717) is 6.42 Å². The van der Waals surface area contributed by atoms with Crippen molar-refractivity contribution in [3.05, 3.63) is 49.8 Å². The van der Waals surface area contributed by atoms with E-state index in [-0.39, 0.29) is 5.69 Å². The highest BCUT2D eigenvalue weighted by Crippen LogP contribution is 2.39. The molecule has 0 spiro atoms. The summed E-state index contributed by atoms with van der Waals surface area (Å²) in [6, 6.07) is 8.60. The number of rotatable bonds is 3. The number of nitro benzene ring substituents is 1. The van der Waals surface area contributed by atoms with Gasteiger partial charge in [0.1, 0.15) is 0 Å². The number of thioether (sulfide) groups is 2. The Kier molecular flexibility index (Phi) is 4.28. The number of nitro groups is 1. The Morgan fingerprint density at radius 1 is 1.33 bits per heavy atom. The molecule has 1 heterocycles. The van der Waals surface area contributed by atoms with Crippen LogP contribution in [0.1, 0.15) is 5.56 Å². The third-order valence-electron chi connectivity index (χ3n) is 2.46. The van der Waals surface area contributed by atoms with E-state index in [2.05, 4.69) is 6.07 Å². The first-order valence-electron chi connectivity index (χ1n) is 5.33. The number of non-ortho nitro benzene ring substituents is 1. The van der Waals surface area contributed by atoms with Gasteiger partial charge in [0.05, 0.1) is 20.8 Å². The lowest BCUT2D eigenvalue weighted by Crippen LogP contribution is -1.92. The van der Waals surface area contributed by atoms with Crippen LogP contribution in [0.4, 0.5) is 5.69 Å². The van der Waals surface area contributed by atoms with Gasteiger partial charge < -0.3 is 0 Å². The summed E-state index contributed by atoms with van der Waals surface area (Å²) in [6.07, 6.45) is 0.545. The zero-order valence-corrected chi connectivity index (χ0v) is 11.1. The molecule has 0 unspecified atom stereocenters. The van der Waals surface area contributed by atoms with Gasteiger partial charge in [-0.2, -0.15) is 5.26 Å². The molecule has 0 amide bonds. The normalized spacial score (nSPS) is 14.3. The predicted molar refractivity (Wildman–Crippen MR) is 74.4 cm³/mol. The lowest BCUT2D eigenvalue weighted by atomic mass is 10.1.